The molecule has 4 rings (SSSR count). The van der Waals surface area contributed by atoms with Crippen molar-refractivity contribution in [2.75, 3.05) is 11.5 Å². The summed E-state index contributed by atoms with van der Waals surface area (Å²) in [7, 11) is -3.95. The molecule has 9 nitrogen and oxygen atoms in total. The van der Waals surface area contributed by atoms with Crippen LogP contribution in [0, 0.1) is 12.8 Å². The number of carbonyl (C=O) groups is 2. The number of Topliss-reactive ketones (excluding diaryl/α,β-unsaturated/α-hetero) is 1. The first kappa shape index (κ1) is 26.1. The molecule has 3 N–H and O–H groups in total. The normalized spacial score (nSPS) is 17.4. The van der Waals surface area contributed by atoms with Crippen LogP contribution in [0.4, 0.5) is 5.69 Å². The van der Waals surface area contributed by atoms with E-state index in [0.717, 1.165) is 5.56 Å². The minimum atomic E-state index is -3.95. The lowest BCUT2D eigenvalue weighted by Crippen LogP contribution is -2.29. The first-order valence-corrected chi connectivity index (χ1v) is 13.1. The molecule has 2 aromatic carbocycles. The molecule has 1 aromatic heterocycles. The van der Waals surface area contributed by atoms with E-state index in [1.165, 1.54) is 35.4 Å². The van der Waals surface area contributed by atoms with Gasteiger partial charge in [-0.25, -0.2) is 13.6 Å². The third-order valence-corrected chi connectivity index (χ3v) is 6.81. The van der Waals surface area contributed by atoms with Crippen molar-refractivity contribution in [2.45, 2.75) is 31.7 Å². The number of hydrogen-bond donors (Lipinski definition) is 2. The Balaban J connectivity index is 1.83. The Hall–Kier alpha value is -4.02. The lowest BCUT2D eigenvalue weighted by molar-refractivity contribution is -0.132. The Bertz CT molecular complexity index is 1480. The number of primary sulfonamides is 1. The van der Waals surface area contributed by atoms with Gasteiger partial charge in [-0.2, -0.15) is 0 Å². The van der Waals surface area contributed by atoms with Crippen LogP contribution in [0.1, 0.15) is 36.7 Å². The van der Waals surface area contributed by atoms with Gasteiger partial charge in [-0.1, -0.05) is 19.9 Å². The zero-order chi connectivity index (χ0) is 26.9. The average Bonchev–Trinajstić information content (AvgIpc) is 3.13. The van der Waals surface area contributed by atoms with E-state index < -0.39 is 27.8 Å². The van der Waals surface area contributed by atoms with Crippen LogP contribution >= 0.6 is 0 Å². The number of aliphatic hydroxyl groups is 1. The fourth-order valence-electron chi connectivity index (χ4n) is 4.08. The number of ether oxygens (including phenoxy) is 1. The number of rotatable bonds is 7. The zero-order valence-electron chi connectivity index (χ0n) is 20.6. The van der Waals surface area contributed by atoms with Crippen molar-refractivity contribution in [1.29, 1.82) is 0 Å². The maximum atomic E-state index is 13.3. The summed E-state index contributed by atoms with van der Waals surface area (Å²) in [5.74, 6) is -1.13. The van der Waals surface area contributed by atoms with E-state index in [-0.39, 0.29) is 21.9 Å². The third kappa shape index (κ3) is 5.25. The molecule has 1 atom stereocenters. The maximum absolute atomic E-state index is 13.3. The number of nitrogens with two attached hydrogens (primary N) is 1. The van der Waals surface area contributed by atoms with Gasteiger partial charge >= 0.3 is 0 Å². The molecular weight excluding hydrogens is 494 g/mol. The number of carbonyl (C=O) groups excluding carboxylic acids is 2. The van der Waals surface area contributed by atoms with Gasteiger partial charge in [-0.05, 0) is 73.0 Å². The fraction of sp³-hybridized carbons (Fsp3) is 0.222. The van der Waals surface area contributed by atoms with Crippen LogP contribution in [-0.4, -0.2) is 36.8 Å². The largest absolute Gasteiger partial charge is 0.507 e. The lowest BCUT2D eigenvalue weighted by Gasteiger charge is -2.24. The second-order valence-corrected chi connectivity index (χ2v) is 10.7. The van der Waals surface area contributed by atoms with E-state index in [9.17, 15) is 23.1 Å². The molecule has 1 saturated heterocycles. The minimum Gasteiger partial charge on any atom is -0.507 e. The second kappa shape index (κ2) is 10.2. The smallest absolute Gasteiger partial charge is 0.300 e. The number of amides is 1. The summed E-state index contributed by atoms with van der Waals surface area (Å²) in [5.41, 5.74) is 1.57. The number of nitrogens with zero attached hydrogens (tertiary/aromatic N) is 2. The number of aryl methyl sites for hydroxylation is 1. The zero-order valence-corrected chi connectivity index (χ0v) is 21.4. The molecular formula is C27H27N3O6S. The SMILES string of the molecule is Cc1cc(/C(O)=C2\C(=O)C(=O)N(c3ccc(S(N)(=O)=O)cc3)C2c2ccccn2)ccc1OCC(C)C. The van der Waals surface area contributed by atoms with Crippen LogP contribution in [-0.2, 0) is 19.6 Å². The summed E-state index contributed by atoms with van der Waals surface area (Å²) in [4.78, 5) is 31.9. The van der Waals surface area contributed by atoms with Crippen molar-refractivity contribution in [3.63, 3.8) is 0 Å². The molecule has 1 amide bonds. The van der Waals surface area contributed by atoms with Crippen molar-refractivity contribution in [3.05, 3.63) is 89.3 Å². The molecule has 3 aromatic rings. The highest BCUT2D eigenvalue weighted by Crippen LogP contribution is 2.42. The molecule has 0 bridgehead atoms. The highest BCUT2D eigenvalue weighted by atomic mass is 32.2. The van der Waals surface area contributed by atoms with Gasteiger partial charge in [0, 0.05) is 17.4 Å². The maximum Gasteiger partial charge on any atom is 0.300 e. The Morgan fingerprint density at radius 2 is 1.81 bits per heavy atom. The number of anilines is 1. The molecule has 1 unspecified atom stereocenters. The van der Waals surface area contributed by atoms with Crippen LogP contribution in [0.25, 0.3) is 5.76 Å². The molecule has 0 saturated carbocycles. The molecule has 37 heavy (non-hydrogen) atoms. The number of ketones is 1. The highest BCUT2D eigenvalue weighted by Gasteiger charge is 2.47. The summed E-state index contributed by atoms with van der Waals surface area (Å²) in [6, 6.07) is 14.3. The van der Waals surface area contributed by atoms with Crippen LogP contribution in [0.15, 0.2) is 77.3 Å². The number of hydrogen-bond acceptors (Lipinski definition) is 7. The van der Waals surface area contributed by atoms with E-state index in [0.29, 0.717) is 29.5 Å². The molecule has 0 radical (unpaired) electrons. The predicted octanol–water partition coefficient (Wildman–Crippen LogP) is 3.70. The minimum absolute atomic E-state index is 0.130. The van der Waals surface area contributed by atoms with Crippen molar-refractivity contribution in [3.8, 4) is 5.75 Å². The van der Waals surface area contributed by atoms with Gasteiger partial charge in [0.05, 0.1) is 22.8 Å². The molecule has 0 aliphatic carbocycles. The second-order valence-electron chi connectivity index (χ2n) is 9.15. The van der Waals surface area contributed by atoms with E-state index in [4.69, 9.17) is 9.88 Å². The van der Waals surface area contributed by atoms with Crippen molar-refractivity contribution >= 4 is 33.2 Å². The number of benzene rings is 2. The van der Waals surface area contributed by atoms with E-state index in [1.807, 2.05) is 20.8 Å². The summed E-state index contributed by atoms with van der Waals surface area (Å²) < 4.78 is 29.2. The average molecular weight is 522 g/mol. The summed E-state index contributed by atoms with van der Waals surface area (Å²) in [6.45, 7) is 6.43. The predicted molar refractivity (Wildman–Crippen MR) is 138 cm³/mol. The van der Waals surface area contributed by atoms with Crippen LogP contribution in [0.5, 0.6) is 5.75 Å². The monoisotopic (exact) mass is 521 g/mol. The quantitative estimate of drug-likeness (QED) is 0.274. The number of pyridine rings is 1. The molecule has 192 valence electrons. The Labute approximate surface area is 215 Å². The van der Waals surface area contributed by atoms with E-state index >= 15 is 0 Å². The Morgan fingerprint density at radius 3 is 2.38 bits per heavy atom. The lowest BCUT2D eigenvalue weighted by atomic mass is 9.97. The van der Waals surface area contributed by atoms with Gasteiger partial charge in [0.2, 0.25) is 10.0 Å². The van der Waals surface area contributed by atoms with Gasteiger partial charge in [-0.15, -0.1) is 0 Å². The van der Waals surface area contributed by atoms with E-state index in [2.05, 4.69) is 4.98 Å². The van der Waals surface area contributed by atoms with E-state index in [1.54, 1.807) is 36.4 Å². The first-order chi connectivity index (χ1) is 17.5. The number of aliphatic hydroxyl groups excluding tert-OH is 1. The standard InChI is InChI=1S/C27H27N3O6S/c1-16(2)15-36-22-12-7-18(14-17(22)3)25(31)23-24(21-6-4-5-13-29-21)30(27(33)26(23)32)19-8-10-20(11-9-19)37(28,34)35/h4-14,16,24,31H,15H2,1-3H3,(H2,28,34,35)/b25-23+. The van der Waals surface area contributed by atoms with Gasteiger partial charge < -0.3 is 9.84 Å². The van der Waals surface area contributed by atoms with Gasteiger partial charge in [0.15, 0.2) is 0 Å². The van der Waals surface area contributed by atoms with Crippen LogP contribution in [0.3, 0.4) is 0 Å². The van der Waals surface area contributed by atoms with Gasteiger partial charge in [0.25, 0.3) is 11.7 Å². The summed E-state index contributed by atoms with van der Waals surface area (Å²) >= 11 is 0. The topological polar surface area (TPSA) is 140 Å². The highest BCUT2D eigenvalue weighted by molar-refractivity contribution is 7.89. The number of aromatic nitrogens is 1. The fourth-order valence-corrected chi connectivity index (χ4v) is 4.60. The molecule has 10 heteroatoms. The third-order valence-electron chi connectivity index (χ3n) is 5.88. The molecule has 0 spiro atoms. The van der Waals surface area contributed by atoms with Crippen LogP contribution < -0.4 is 14.8 Å². The van der Waals surface area contributed by atoms with Crippen molar-refractivity contribution in [2.24, 2.45) is 11.1 Å². The molecule has 1 aliphatic rings. The first-order valence-electron chi connectivity index (χ1n) is 11.6. The number of sulfonamides is 1. The molecule has 1 fully saturated rings. The summed E-state index contributed by atoms with van der Waals surface area (Å²) in [6.07, 6.45) is 1.52. The Kier molecular flexibility index (Phi) is 7.15. The van der Waals surface area contributed by atoms with Gasteiger partial charge in [0.1, 0.15) is 17.6 Å². The van der Waals surface area contributed by atoms with Crippen molar-refractivity contribution < 1.29 is 27.9 Å². The van der Waals surface area contributed by atoms with Crippen LogP contribution in [0.2, 0.25) is 0 Å². The van der Waals surface area contributed by atoms with Crippen molar-refractivity contribution in [1.82, 2.24) is 4.98 Å². The Morgan fingerprint density at radius 1 is 1.11 bits per heavy atom. The van der Waals surface area contributed by atoms with Gasteiger partial charge in [-0.3, -0.25) is 19.5 Å². The molecule has 2 heterocycles. The summed E-state index contributed by atoms with van der Waals surface area (Å²) in [5, 5.41) is 16.5. The molecule has 1 aliphatic heterocycles.